The molecule has 1 aliphatic heterocycles. The third kappa shape index (κ3) is 1.85. The van der Waals surface area contributed by atoms with Crippen molar-refractivity contribution in [3.8, 4) is 0 Å². The summed E-state index contributed by atoms with van der Waals surface area (Å²) in [6.07, 6.45) is 1.91. The summed E-state index contributed by atoms with van der Waals surface area (Å²) in [6.45, 7) is 3.66. The van der Waals surface area contributed by atoms with Crippen LogP contribution < -0.4 is 9.80 Å². The number of fused-ring (bicyclic) bond motifs is 4. The Hall–Kier alpha value is -3.01. The van der Waals surface area contributed by atoms with E-state index in [1.165, 1.54) is 4.90 Å². The number of para-hydroxylation sites is 1. The summed E-state index contributed by atoms with van der Waals surface area (Å²) in [5.74, 6) is 0.361. The second kappa shape index (κ2) is 4.99. The van der Waals surface area contributed by atoms with Gasteiger partial charge in [-0.2, -0.15) is 0 Å². The molecule has 5 rings (SSSR count). The number of rotatable bonds is 1. The number of furan rings is 1. The number of benzene rings is 2. The molecule has 2 aromatic heterocycles. The van der Waals surface area contributed by atoms with Crippen LogP contribution in [0.3, 0.4) is 0 Å². The average Bonchev–Trinajstić information content (AvgIpc) is 3.16. The number of aromatic nitrogens is 1. The zero-order valence-electron chi connectivity index (χ0n) is 16.7. The summed E-state index contributed by atoms with van der Waals surface area (Å²) in [5, 5.41) is 1.99. The molecule has 0 unspecified atom stereocenters. The molecule has 0 N–H and O–H groups in total. The highest BCUT2D eigenvalue weighted by molar-refractivity contribution is 6.11. The summed E-state index contributed by atoms with van der Waals surface area (Å²) in [7, 11) is 0. The van der Waals surface area contributed by atoms with Crippen molar-refractivity contribution < 1.29 is 8.53 Å². The highest BCUT2D eigenvalue weighted by Gasteiger charge is 2.36. The molecule has 0 amide bonds. The third-order valence-electron chi connectivity index (χ3n) is 4.68. The SMILES string of the molecule is [2H]C([2H])([2H])N1[C]([CH2])N(c2c(C)ccc3c2oc2ccccc23)c2cccnc21. The second-order valence-electron chi connectivity index (χ2n) is 6.14. The van der Waals surface area contributed by atoms with Crippen LogP contribution in [0.4, 0.5) is 17.2 Å². The molecule has 3 heterocycles. The van der Waals surface area contributed by atoms with Gasteiger partial charge in [-0.05, 0) is 37.6 Å². The molecular formula is C21H17N3O. The van der Waals surface area contributed by atoms with E-state index in [1.807, 2.05) is 54.3 Å². The number of anilines is 3. The molecular weight excluding hydrogens is 310 g/mol. The molecule has 0 saturated carbocycles. The van der Waals surface area contributed by atoms with E-state index in [0.29, 0.717) is 23.3 Å². The highest BCUT2D eigenvalue weighted by Crippen LogP contribution is 2.49. The second-order valence-corrected chi connectivity index (χ2v) is 6.14. The fourth-order valence-electron chi connectivity index (χ4n) is 3.50. The lowest BCUT2D eigenvalue weighted by Crippen LogP contribution is -2.28. The Morgan fingerprint density at radius 3 is 2.84 bits per heavy atom. The first-order valence-corrected chi connectivity index (χ1v) is 8.03. The van der Waals surface area contributed by atoms with Crippen molar-refractivity contribution in [2.75, 3.05) is 16.8 Å². The molecule has 0 saturated heterocycles. The predicted molar refractivity (Wildman–Crippen MR) is 102 cm³/mol. The molecule has 0 spiro atoms. The van der Waals surface area contributed by atoms with Crippen LogP contribution >= 0.6 is 0 Å². The quantitative estimate of drug-likeness (QED) is 0.480. The van der Waals surface area contributed by atoms with E-state index in [-0.39, 0.29) is 0 Å². The van der Waals surface area contributed by atoms with E-state index in [2.05, 4.69) is 11.9 Å². The zero-order valence-corrected chi connectivity index (χ0v) is 13.7. The minimum absolute atomic E-state index is 0.324. The number of pyridine rings is 1. The fraction of sp³-hybridized carbons (Fsp3) is 0.0952. The fourth-order valence-corrected chi connectivity index (χ4v) is 3.50. The van der Waals surface area contributed by atoms with E-state index in [4.69, 9.17) is 8.53 Å². The van der Waals surface area contributed by atoms with Crippen molar-refractivity contribution in [3.63, 3.8) is 0 Å². The van der Waals surface area contributed by atoms with Gasteiger partial charge >= 0.3 is 0 Å². The minimum atomic E-state index is -2.40. The maximum absolute atomic E-state index is 7.96. The summed E-state index contributed by atoms with van der Waals surface area (Å²) >= 11 is 0. The Balaban J connectivity index is 1.82. The van der Waals surface area contributed by atoms with Crippen LogP contribution in [0.15, 0.2) is 59.1 Å². The van der Waals surface area contributed by atoms with Crippen LogP contribution in [0.5, 0.6) is 0 Å². The first kappa shape index (κ1) is 11.5. The van der Waals surface area contributed by atoms with Gasteiger partial charge in [0, 0.05) is 28.1 Å². The van der Waals surface area contributed by atoms with E-state index in [1.54, 1.807) is 12.3 Å². The van der Waals surface area contributed by atoms with Crippen LogP contribution in [0.25, 0.3) is 21.9 Å². The lowest BCUT2D eigenvalue weighted by atomic mass is 10.1. The van der Waals surface area contributed by atoms with E-state index >= 15 is 0 Å². The van der Waals surface area contributed by atoms with Crippen LogP contribution in [0.2, 0.25) is 0 Å². The zero-order chi connectivity index (χ0) is 19.6. The minimum Gasteiger partial charge on any atom is -0.454 e. The van der Waals surface area contributed by atoms with Gasteiger partial charge in [0.2, 0.25) is 0 Å². The monoisotopic (exact) mass is 330 g/mol. The molecule has 0 atom stereocenters. The van der Waals surface area contributed by atoms with E-state index in [9.17, 15) is 0 Å². The van der Waals surface area contributed by atoms with E-state index < -0.39 is 6.98 Å². The smallest absolute Gasteiger partial charge is 0.162 e. The number of nitrogens with zero attached hydrogens (tertiary/aromatic N) is 3. The first-order chi connectivity index (χ1) is 13.4. The molecule has 0 bridgehead atoms. The van der Waals surface area contributed by atoms with Crippen molar-refractivity contribution >= 4 is 39.1 Å². The molecule has 4 aromatic rings. The lowest BCUT2D eigenvalue weighted by molar-refractivity contribution is 0.667. The van der Waals surface area contributed by atoms with Gasteiger partial charge in [-0.3, -0.25) is 0 Å². The lowest BCUT2D eigenvalue weighted by Gasteiger charge is -2.27. The Labute approximate surface area is 150 Å². The number of aryl methyl sites for hydroxylation is 1. The third-order valence-corrected chi connectivity index (χ3v) is 4.68. The highest BCUT2D eigenvalue weighted by atomic mass is 16.3. The topological polar surface area (TPSA) is 32.5 Å². The molecule has 0 aliphatic carbocycles. The van der Waals surface area contributed by atoms with Gasteiger partial charge in [0.05, 0.1) is 11.4 Å². The summed E-state index contributed by atoms with van der Waals surface area (Å²) < 4.78 is 30.1. The average molecular weight is 330 g/mol. The van der Waals surface area contributed by atoms with Crippen molar-refractivity contribution in [1.82, 2.24) is 4.98 Å². The molecule has 1 aliphatic rings. The van der Waals surface area contributed by atoms with Gasteiger partial charge in [0.25, 0.3) is 0 Å². The van der Waals surface area contributed by atoms with Gasteiger partial charge in [-0.1, -0.05) is 30.3 Å². The van der Waals surface area contributed by atoms with Crippen LogP contribution in [-0.2, 0) is 0 Å². The predicted octanol–water partition coefficient (Wildman–Crippen LogP) is 5.20. The van der Waals surface area contributed by atoms with Gasteiger partial charge in [0.1, 0.15) is 5.58 Å². The Morgan fingerprint density at radius 1 is 1.08 bits per heavy atom. The van der Waals surface area contributed by atoms with Crippen LogP contribution in [0, 0.1) is 20.0 Å². The molecule has 4 nitrogen and oxygen atoms in total. The summed E-state index contributed by atoms with van der Waals surface area (Å²) in [6, 6.07) is 15.5. The normalized spacial score (nSPS) is 17.0. The molecule has 4 heteroatoms. The van der Waals surface area contributed by atoms with E-state index in [0.717, 1.165) is 27.6 Å². The number of hydrogen-bond acceptors (Lipinski definition) is 4. The molecule has 25 heavy (non-hydrogen) atoms. The number of hydrogen-bond donors (Lipinski definition) is 0. The Kier molecular flexibility index (Phi) is 2.30. The molecule has 2 aromatic carbocycles. The van der Waals surface area contributed by atoms with Crippen LogP contribution in [-0.4, -0.2) is 12.0 Å². The summed E-state index contributed by atoms with van der Waals surface area (Å²) in [4.78, 5) is 7.34. The largest absolute Gasteiger partial charge is 0.454 e. The molecule has 2 radical (unpaired) electrons. The van der Waals surface area contributed by atoms with Crippen molar-refractivity contribution in [1.29, 1.82) is 0 Å². The standard InChI is InChI=1S/C21H17N3O/c1-13-10-11-16-15-7-4-5-9-18(15)25-20(16)19(13)24-14(2)23(3)21-17(24)8-6-12-22-21/h4-12H,2H2,1,3H3/i3D3. The molecule has 0 fully saturated rings. The van der Waals surface area contributed by atoms with Gasteiger partial charge in [-0.25, -0.2) is 4.98 Å². The van der Waals surface area contributed by atoms with Crippen molar-refractivity contribution in [2.45, 2.75) is 6.92 Å². The Bertz CT molecular complexity index is 1210. The summed E-state index contributed by atoms with van der Waals surface area (Å²) in [5.41, 5.74) is 3.88. The van der Waals surface area contributed by atoms with Gasteiger partial charge in [-0.15, -0.1) is 0 Å². The van der Waals surface area contributed by atoms with Crippen molar-refractivity contribution in [2.24, 2.45) is 0 Å². The Morgan fingerprint density at radius 2 is 1.96 bits per heavy atom. The van der Waals surface area contributed by atoms with Crippen molar-refractivity contribution in [3.05, 3.63) is 73.4 Å². The molecule has 122 valence electrons. The first-order valence-electron chi connectivity index (χ1n) is 9.53. The van der Waals surface area contributed by atoms with Gasteiger partial charge in [0.15, 0.2) is 17.6 Å². The maximum Gasteiger partial charge on any atom is 0.162 e. The van der Waals surface area contributed by atoms with Crippen LogP contribution in [0.1, 0.15) is 9.68 Å². The maximum atomic E-state index is 7.96. The van der Waals surface area contributed by atoms with Gasteiger partial charge < -0.3 is 14.2 Å².